The van der Waals surface area contributed by atoms with Crippen LogP contribution >= 0.6 is 23.9 Å². The number of nitrogens with zero attached hydrogens (tertiary/aromatic N) is 3. The molecule has 1 fully saturated rings. The number of ether oxygens (including phenoxy) is 1. The Morgan fingerprint density at radius 1 is 1.23 bits per heavy atom. The number of phosphoric acid groups is 2. The van der Waals surface area contributed by atoms with E-state index >= 15 is 0 Å². The molecule has 2 aromatic rings. The summed E-state index contributed by atoms with van der Waals surface area (Å²) in [7, 11) is -14.4. The highest BCUT2D eigenvalue weighted by molar-refractivity contribution is 7.64. The first kappa shape index (κ1) is 27.7. The van der Waals surface area contributed by atoms with Gasteiger partial charge in [-0.2, -0.15) is 4.31 Å². The van der Waals surface area contributed by atoms with E-state index in [1.54, 1.807) is 0 Å². The second kappa shape index (κ2) is 11.0. The first-order valence-electron chi connectivity index (χ1n) is 9.20. The van der Waals surface area contributed by atoms with Gasteiger partial charge in [0.1, 0.15) is 42.7 Å². The fourth-order valence-corrected chi connectivity index (χ4v) is 5.72. The molecule has 3 heterocycles. The van der Waals surface area contributed by atoms with Crippen molar-refractivity contribution in [2.24, 2.45) is 5.73 Å². The van der Waals surface area contributed by atoms with Crippen molar-refractivity contribution in [3.8, 4) is 11.8 Å². The van der Waals surface area contributed by atoms with E-state index in [-0.39, 0.29) is 18.0 Å². The smallest absolute Gasteiger partial charge is 0.387 e. The molecule has 7 atom stereocenters. The summed E-state index contributed by atoms with van der Waals surface area (Å²) in [5.41, 5.74) is 11.9. The Labute approximate surface area is 196 Å². The lowest BCUT2D eigenvalue weighted by Gasteiger charge is -2.17. The Balaban J connectivity index is 1.73. The lowest BCUT2D eigenvalue weighted by atomic mass is 10.1. The Bertz CT molecular complexity index is 1260. The number of aromatic nitrogens is 3. The number of aliphatic hydroxyl groups is 2. The SMILES string of the molecule is NCC#Cc1cn([C@@H]2O[C@H](CO[P+](=O)OP(=O)(O)OP(=O)(O)OO)[C@@H](O)[C@H]2O)c2ncnc(N)c12. The summed E-state index contributed by atoms with van der Waals surface area (Å²) in [5.74, 6) is 5.53. The van der Waals surface area contributed by atoms with Crippen LogP contribution in [-0.4, -0.2) is 71.3 Å². The molecule has 9 N–H and O–H groups in total. The van der Waals surface area contributed by atoms with Crippen LogP contribution in [0, 0.1) is 11.8 Å². The standard InChI is InChI=1S/C14H18N5O13P3/c15-3-1-2-7-4-19(13-9(7)12(16)17-6-18-13)14-11(21)10(20)8(29-14)5-28-33(23)31-35(26,27)32-34(24,25)30-22/h4,6,8,10-11,14,20-21H,3,5,15H2,(H4-,16,17,18,22,24,25,26,27)/p+1/t8-,10-,11-,14-/m1/s1. The van der Waals surface area contributed by atoms with E-state index in [1.807, 2.05) is 0 Å². The zero-order valence-corrected chi connectivity index (χ0v) is 19.9. The number of hydrogen-bond donors (Lipinski definition) is 7. The zero-order valence-electron chi connectivity index (χ0n) is 17.2. The molecule has 192 valence electrons. The minimum absolute atomic E-state index is 0.0515. The van der Waals surface area contributed by atoms with Crippen molar-refractivity contribution in [1.82, 2.24) is 14.5 Å². The van der Waals surface area contributed by atoms with Gasteiger partial charge in [-0.25, -0.2) is 24.4 Å². The van der Waals surface area contributed by atoms with Crippen LogP contribution in [0.25, 0.3) is 11.0 Å². The molecular formula is C14H19N5O13P3+. The largest absolute Gasteiger partial charge is 0.708 e. The van der Waals surface area contributed by atoms with Gasteiger partial charge < -0.3 is 35.9 Å². The summed E-state index contributed by atoms with van der Waals surface area (Å²) < 4.78 is 56.5. The van der Waals surface area contributed by atoms with E-state index in [0.717, 1.165) is 6.33 Å². The summed E-state index contributed by atoms with van der Waals surface area (Å²) in [6, 6.07) is 0. The molecule has 0 amide bonds. The molecule has 0 bridgehead atoms. The molecule has 1 aliphatic heterocycles. The van der Waals surface area contributed by atoms with Gasteiger partial charge >= 0.3 is 23.9 Å². The molecule has 0 spiro atoms. The predicted molar refractivity (Wildman–Crippen MR) is 113 cm³/mol. The van der Waals surface area contributed by atoms with E-state index in [1.165, 1.54) is 10.8 Å². The van der Waals surface area contributed by atoms with Crippen LogP contribution in [0.4, 0.5) is 5.82 Å². The van der Waals surface area contributed by atoms with Gasteiger partial charge in [-0.05, 0) is 4.31 Å². The van der Waals surface area contributed by atoms with Crippen molar-refractivity contribution in [2.45, 2.75) is 24.5 Å². The van der Waals surface area contributed by atoms with Crippen LogP contribution in [0.1, 0.15) is 11.8 Å². The molecule has 21 heteroatoms. The third-order valence-electron chi connectivity index (χ3n) is 4.40. The van der Waals surface area contributed by atoms with Gasteiger partial charge in [-0.3, -0.25) is 4.89 Å². The highest BCUT2D eigenvalue weighted by atomic mass is 31.3. The minimum atomic E-state index is -5.49. The van der Waals surface area contributed by atoms with Crippen molar-refractivity contribution >= 4 is 40.8 Å². The number of aliphatic hydroxyl groups excluding tert-OH is 2. The van der Waals surface area contributed by atoms with Crippen LogP contribution in [-0.2, 0) is 36.3 Å². The Hall–Kier alpha value is -1.90. The first-order chi connectivity index (χ1) is 16.4. The van der Waals surface area contributed by atoms with Gasteiger partial charge in [-0.15, -0.1) is 9.20 Å². The van der Waals surface area contributed by atoms with Crippen molar-refractivity contribution in [2.75, 3.05) is 18.9 Å². The zero-order chi connectivity index (χ0) is 26.0. The summed E-state index contributed by atoms with van der Waals surface area (Å²) in [4.78, 5) is 26.1. The van der Waals surface area contributed by atoms with Crippen LogP contribution in [0.3, 0.4) is 0 Å². The van der Waals surface area contributed by atoms with Gasteiger partial charge in [0.05, 0.1) is 17.5 Å². The molecule has 3 unspecified atom stereocenters. The van der Waals surface area contributed by atoms with Gasteiger partial charge in [0.15, 0.2) is 6.23 Å². The van der Waals surface area contributed by atoms with E-state index in [9.17, 15) is 28.8 Å². The molecule has 3 rings (SSSR count). The quantitative estimate of drug-likeness (QED) is 0.0870. The maximum Gasteiger partial charge on any atom is 0.708 e. The number of nitrogens with two attached hydrogens (primary N) is 2. The molecule has 0 aromatic carbocycles. The summed E-state index contributed by atoms with van der Waals surface area (Å²) in [6.45, 7) is -0.691. The summed E-state index contributed by atoms with van der Waals surface area (Å²) in [5, 5.41) is 29.3. The van der Waals surface area contributed by atoms with Crippen molar-refractivity contribution < 1.29 is 61.5 Å². The molecular weight excluding hydrogens is 539 g/mol. The Morgan fingerprint density at radius 2 is 1.94 bits per heavy atom. The predicted octanol–water partition coefficient (Wildman–Crippen LogP) is -0.660. The van der Waals surface area contributed by atoms with Crippen LogP contribution in [0.2, 0.25) is 0 Å². The number of fused-ring (bicyclic) bond motifs is 1. The third-order valence-corrected chi connectivity index (χ3v) is 7.97. The monoisotopic (exact) mass is 558 g/mol. The number of hydrogen-bond acceptors (Lipinski definition) is 15. The topological polar surface area (TPSA) is 281 Å². The second-order valence-corrected chi connectivity index (χ2v) is 10.7. The van der Waals surface area contributed by atoms with Crippen molar-refractivity contribution in [3.05, 3.63) is 18.1 Å². The average Bonchev–Trinajstić information content (AvgIpc) is 3.28. The molecule has 1 aliphatic rings. The lowest BCUT2D eigenvalue weighted by molar-refractivity contribution is -0.157. The number of anilines is 1. The molecule has 0 aliphatic carbocycles. The third kappa shape index (κ3) is 6.46. The molecule has 1 saturated heterocycles. The van der Waals surface area contributed by atoms with E-state index < -0.39 is 55.0 Å². The van der Waals surface area contributed by atoms with Gasteiger partial charge in [0.25, 0.3) is 0 Å². The molecule has 18 nitrogen and oxygen atoms in total. The first-order valence-corrected chi connectivity index (χ1v) is 13.3. The molecule has 35 heavy (non-hydrogen) atoms. The molecule has 0 saturated carbocycles. The average molecular weight is 558 g/mol. The second-order valence-electron chi connectivity index (χ2n) is 6.66. The van der Waals surface area contributed by atoms with Gasteiger partial charge in [0.2, 0.25) is 0 Å². The van der Waals surface area contributed by atoms with Gasteiger partial charge in [0, 0.05) is 10.8 Å². The number of nitrogen functional groups attached to an aromatic ring is 1. The molecule has 0 radical (unpaired) electrons. The lowest BCUT2D eigenvalue weighted by Crippen LogP contribution is -2.33. The van der Waals surface area contributed by atoms with E-state index in [2.05, 4.69) is 35.1 Å². The number of rotatable bonds is 9. The minimum Gasteiger partial charge on any atom is -0.387 e. The molecule has 2 aromatic heterocycles. The maximum absolute atomic E-state index is 11.8. The fourth-order valence-electron chi connectivity index (χ4n) is 3.04. The van der Waals surface area contributed by atoms with Crippen LogP contribution < -0.4 is 11.5 Å². The van der Waals surface area contributed by atoms with E-state index in [0.29, 0.717) is 10.9 Å². The summed E-state index contributed by atoms with van der Waals surface area (Å²) in [6.07, 6.45) is -3.14. The normalized spacial score (nSPS) is 26.1. The fraction of sp³-hybridized carbons (Fsp3) is 0.429. The van der Waals surface area contributed by atoms with Crippen LogP contribution in [0.5, 0.6) is 0 Å². The van der Waals surface area contributed by atoms with Crippen LogP contribution in [0.15, 0.2) is 12.5 Å². The van der Waals surface area contributed by atoms with Crippen molar-refractivity contribution in [3.63, 3.8) is 0 Å². The maximum atomic E-state index is 11.8. The highest BCUT2D eigenvalue weighted by Crippen LogP contribution is 2.63. The van der Waals surface area contributed by atoms with E-state index in [4.69, 9.17) is 30.9 Å². The van der Waals surface area contributed by atoms with Gasteiger partial charge in [-0.1, -0.05) is 11.8 Å². The Kier molecular flexibility index (Phi) is 8.71. The summed E-state index contributed by atoms with van der Waals surface area (Å²) >= 11 is 0. The highest BCUT2D eigenvalue weighted by Gasteiger charge is 2.48. The van der Waals surface area contributed by atoms with Crippen molar-refractivity contribution in [1.29, 1.82) is 0 Å². The Morgan fingerprint density at radius 3 is 2.60 bits per heavy atom.